The van der Waals surface area contributed by atoms with Crippen LogP contribution in [0.4, 0.5) is 0 Å². The van der Waals surface area contributed by atoms with Crippen LogP contribution in [0.25, 0.3) is 0 Å². The van der Waals surface area contributed by atoms with E-state index in [2.05, 4.69) is 22.5 Å². The lowest BCUT2D eigenvalue weighted by Gasteiger charge is -2.27. The van der Waals surface area contributed by atoms with E-state index in [4.69, 9.17) is 9.47 Å². The van der Waals surface area contributed by atoms with Crippen molar-refractivity contribution in [3.8, 4) is 11.5 Å². The minimum absolute atomic E-state index is 0.288. The molecule has 1 aromatic rings. The first-order valence-electron chi connectivity index (χ1n) is 9.57. The molecule has 0 radical (unpaired) electrons. The van der Waals surface area contributed by atoms with Gasteiger partial charge in [0.15, 0.2) is 5.96 Å². The molecule has 7 nitrogen and oxygen atoms in total. The third-order valence-electron chi connectivity index (χ3n) is 4.96. The lowest BCUT2D eigenvalue weighted by Crippen LogP contribution is -2.41. The van der Waals surface area contributed by atoms with Crippen molar-refractivity contribution >= 4 is 11.9 Å². The first-order chi connectivity index (χ1) is 13.1. The van der Waals surface area contributed by atoms with E-state index in [0.29, 0.717) is 19.0 Å². The van der Waals surface area contributed by atoms with Gasteiger partial charge in [0.2, 0.25) is 5.91 Å². The second-order valence-corrected chi connectivity index (χ2v) is 6.57. The SMILES string of the molecule is CCC(CCNC(=NC)NCc1ccc(OC)cc1OC)N1CCCC1=O. The summed E-state index contributed by atoms with van der Waals surface area (Å²) in [4.78, 5) is 18.2. The van der Waals surface area contributed by atoms with E-state index in [1.54, 1.807) is 21.3 Å². The highest BCUT2D eigenvalue weighted by Crippen LogP contribution is 2.24. The van der Waals surface area contributed by atoms with Crippen LogP contribution in [0.5, 0.6) is 11.5 Å². The van der Waals surface area contributed by atoms with Crippen molar-refractivity contribution in [3.05, 3.63) is 23.8 Å². The van der Waals surface area contributed by atoms with Crippen molar-refractivity contribution in [1.82, 2.24) is 15.5 Å². The van der Waals surface area contributed by atoms with Gasteiger partial charge < -0.3 is 25.0 Å². The number of guanidine groups is 1. The van der Waals surface area contributed by atoms with Crippen molar-refractivity contribution in [2.45, 2.75) is 45.2 Å². The van der Waals surface area contributed by atoms with E-state index in [1.807, 2.05) is 23.1 Å². The first-order valence-corrected chi connectivity index (χ1v) is 9.57. The summed E-state index contributed by atoms with van der Waals surface area (Å²) in [7, 11) is 5.04. The maximum Gasteiger partial charge on any atom is 0.222 e. The van der Waals surface area contributed by atoms with Crippen LogP contribution >= 0.6 is 0 Å². The Morgan fingerprint density at radius 3 is 2.70 bits per heavy atom. The highest BCUT2D eigenvalue weighted by Gasteiger charge is 2.26. The maximum atomic E-state index is 11.9. The van der Waals surface area contributed by atoms with Crippen LogP contribution in [0.1, 0.15) is 38.2 Å². The van der Waals surface area contributed by atoms with E-state index < -0.39 is 0 Å². The molecule has 0 aromatic heterocycles. The number of nitrogens with zero attached hydrogens (tertiary/aromatic N) is 2. The van der Waals surface area contributed by atoms with Crippen LogP contribution in [-0.2, 0) is 11.3 Å². The Balaban J connectivity index is 1.83. The van der Waals surface area contributed by atoms with Crippen molar-refractivity contribution in [3.63, 3.8) is 0 Å². The molecule has 1 amide bonds. The average molecular weight is 377 g/mol. The fourth-order valence-electron chi connectivity index (χ4n) is 3.39. The molecule has 1 fully saturated rings. The molecule has 0 spiro atoms. The van der Waals surface area contributed by atoms with E-state index in [9.17, 15) is 4.79 Å². The van der Waals surface area contributed by atoms with E-state index >= 15 is 0 Å². The normalized spacial score (nSPS) is 15.6. The number of carbonyl (C=O) groups excluding carboxylic acids is 1. The van der Waals surface area contributed by atoms with Gasteiger partial charge in [0.05, 0.1) is 14.2 Å². The number of methoxy groups -OCH3 is 2. The number of rotatable bonds is 9. The second kappa shape index (κ2) is 10.6. The molecule has 1 aliphatic heterocycles. The van der Waals surface area contributed by atoms with Crippen LogP contribution in [0.3, 0.4) is 0 Å². The van der Waals surface area contributed by atoms with Gasteiger partial charge in [-0.3, -0.25) is 9.79 Å². The molecule has 2 N–H and O–H groups in total. The fraction of sp³-hybridized carbons (Fsp3) is 0.600. The lowest BCUT2D eigenvalue weighted by atomic mass is 10.1. The van der Waals surface area contributed by atoms with Crippen LogP contribution in [0.15, 0.2) is 23.2 Å². The summed E-state index contributed by atoms with van der Waals surface area (Å²) < 4.78 is 10.7. The van der Waals surface area contributed by atoms with Crippen LogP contribution in [0.2, 0.25) is 0 Å². The number of nitrogens with one attached hydrogen (secondary N) is 2. The molecule has 27 heavy (non-hydrogen) atoms. The van der Waals surface area contributed by atoms with Crippen molar-refractivity contribution in [2.75, 3.05) is 34.4 Å². The number of aliphatic imine (C=N–C) groups is 1. The van der Waals surface area contributed by atoms with Crippen LogP contribution in [-0.4, -0.2) is 57.2 Å². The highest BCUT2D eigenvalue weighted by atomic mass is 16.5. The Labute approximate surface area is 162 Å². The van der Waals surface area contributed by atoms with Crippen LogP contribution < -0.4 is 20.1 Å². The Bertz CT molecular complexity index is 648. The zero-order chi connectivity index (χ0) is 19.6. The number of amides is 1. The monoisotopic (exact) mass is 376 g/mol. The van der Waals surface area contributed by atoms with Gasteiger partial charge in [-0.05, 0) is 31.4 Å². The topological polar surface area (TPSA) is 75.2 Å². The average Bonchev–Trinajstić information content (AvgIpc) is 3.13. The summed E-state index contributed by atoms with van der Waals surface area (Å²) in [6, 6.07) is 6.05. The summed E-state index contributed by atoms with van der Waals surface area (Å²) >= 11 is 0. The smallest absolute Gasteiger partial charge is 0.222 e. The molecule has 0 saturated carbocycles. The molecule has 150 valence electrons. The number of benzene rings is 1. The summed E-state index contributed by atoms with van der Waals surface area (Å²) in [5, 5.41) is 6.64. The fourth-order valence-corrected chi connectivity index (χ4v) is 3.39. The van der Waals surface area contributed by atoms with Gasteiger partial charge >= 0.3 is 0 Å². The highest BCUT2D eigenvalue weighted by molar-refractivity contribution is 5.80. The Morgan fingerprint density at radius 2 is 2.11 bits per heavy atom. The summed E-state index contributed by atoms with van der Waals surface area (Å²) in [6.07, 6.45) is 3.56. The van der Waals surface area contributed by atoms with E-state index in [-0.39, 0.29) is 5.91 Å². The summed E-state index contributed by atoms with van der Waals surface area (Å²) in [6.45, 7) is 4.39. The van der Waals surface area contributed by atoms with Gasteiger partial charge in [0.25, 0.3) is 0 Å². The Kier molecular flexibility index (Phi) is 8.23. The number of ether oxygens (including phenoxy) is 2. The van der Waals surface area contributed by atoms with Crippen molar-refractivity contribution in [1.29, 1.82) is 0 Å². The van der Waals surface area contributed by atoms with Crippen LogP contribution in [0, 0.1) is 0 Å². The van der Waals surface area contributed by atoms with Gasteiger partial charge in [-0.15, -0.1) is 0 Å². The van der Waals surface area contributed by atoms with E-state index in [0.717, 1.165) is 55.4 Å². The molecule has 1 heterocycles. The minimum atomic E-state index is 0.288. The third-order valence-corrected chi connectivity index (χ3v) is 4.96. The molecule has 7 heteroatoms. The number of hydrogen-bond donors (Lipinski definition) is 2. The first kappa shape index (κ1) is 20.9. The standard InChI is InChI=1S/C20H32N4O3/c1-5-16(24-12-6-7-19(24)25)10-11-22-20(21-2)23-14-15-8-9-17(26-3)13-18(15)27-4/h8-9,13,16H,5-7,10-12,14H2,1-4H3,(H2,21,22,23). The second-order valence-electron chi connectivity index (χ2n) is 6.57. The summed E-state index contributed by atoms with van der Waals surface area (Å²) in [5.41, 5.74) is 1.02. The molecular formula is C20H32N4O3. The minimum Gasteiger partial charge on any atom is -0.497 e. The van der Waals surface area contributed by atoms with Gasteiger partial charge in [-0.2, -0.15) is 0 Å². The molecule has 1 aromatic carbocycles. The molecule has 0 bridgehead atoms. The zero-order valence-corrected chi connectivity index (χ0v) is 16.9. The summed E-state index contributed by atoms with van der Waals surface area (Å²) in [5.74, 6) is 2.56. The molecule has 1 saturated heterocycles. The molecular weight excluding hydrogens is 344 g/mol. The van der Waals surface area contributed by atoms with Gasteiger partial charge in [0, 0.05) is 50.8 Å². The molecule has 0 aliphatic carbocycles. The van der Waals surface area contributed by atoms with Crippen molar-refractivity contribution in [2.24, 2.45) is 4.99 Å². The lowest BCUT2D eigenvalue weighted by molar-refractivity contribution is -0.129. The van der Waals surface area contributed by atoms with Gasteiger partial charge in [-0.25, -0.2) is 0 Å². The largest absolute Gasteiger partial charge is 0.497 e. The van der Waals surface area contributed by atoms with Crippen molar-refractivity contribution < 1.29 is 14.3 Å². The third kappa shape index (κ3) is 5.77. The molecule has 1 aliphatic rings. The number of likely N-dealkylation sites (tertiary alicyclic amines) is 1. The molecule has 1 atom stereocenters. The molecule has 1 unspecified atom stereocenters. The predicted molar refractivity (Wildman–Crippen MR) is 107 cm³/mol. The zero-order valence-electron chi connectivity index (χ0n) is 16.9. The number of hydrogen-bond acceptors (Lipinski definition) is 4. The predicted octanol–water partition coefficient (Wildman–Crippen LogP) is 2.16. The Morgan fingerprint density at radius 1 is 1.30 bits per heavy atom. The quantitative estimate of drug-likeness (QED) is 0.510. The van der Waals surface area contributed by atoms with E-state index in [1.165, 1.54) is 0 Å². The van der Waals surface area contributed by atoms with Gasteiger partial charge in [-0.1, -0.05) is 6.92 Å². The number of carbonyl (C=O) groups is 1. The molecule has 2 rings (SSSR count). The van der Waals surface area contributed by atoms with Gasteiger partial charge in [0.1, 0.15) is 11.5 Å². The Hall–Kier alpha value is -2.44. The maximum absolute atomic E-state index is 11.9.